The summed E-state index contributed by atoms with van der Waals surface area (Å²) in [7, 11) is 1.85. The number of aromatic amines is 1. The van der Waals surface area contributed by atoms with E-state index in [9.17, 15) is 0 Å². The van der Waals surface area contributed by atoms with Gasteiger partial charge >= 0.3 is 0 Å². The summed E-state index contributed by atoms with van der Waals surface area (Å²) in [5.74, 6) is 0. The molecule has 0 aliphatic rings. The number of aryl methyl sites for hydroxylation is 2. The van der Waals surface area contributed by atoms with Crippen molar-refractivity contribution in [1.82, 2.24) is 20.0 Å². The number of H-pyrrole nitrogens is 1. The average molecular weight is 297 g/mol. The maximum Gasteiger partial charge on any atom is 0.135 e. The van der Waals surface area contributed by atoms with Gasteiger partial charge in [-0.2, -0.15) is 10.2 Å². The molecule has 0 aliphatic heterocycles. The summed E-state index contributed by atoms with van der Waals surface area (Å²) in [5.41, 5.74) is 5.03. The first kappa shape index (κ1) is 12.4. The molecule has 2 aromatic heterocycles. The Morgan fingerprint density at radius 2 is 1.95 bits per heavy atom. The largest absolute Gasteiger partial charge is 0.277 e. The highest BCUT2D eigenvalue weighted by Crippen LogP contribution is 2.36. The lowest BCUT2D eigenvalue weighted by Crippen LogP contribution is -1.88. The molecular weight excluding hydrogens is 284 g/mol. The second kappa shape index (κ2) is 4.33. The summed E-state index contributed by atoms with van der Waals surface area (Å²) in [5, 5.41) is 14.7. The zero-order valence-corrected chi connectivity index (χ0v) is 12.4. The third-order valence-electron chi connectivity index (χ3n) is 3.85. The Bertz CT molecular complexity index is 981. The van der Waals surface area contributed by atoms with E-state index >= 15 is 0 Å². The van der Waals surface area contributed by atoms with Crippen LogP contribution in [0.25, 0.3) is 33.1 Å². The van der Waals surface area contributed by atoms with Crippen LogP contribution in [0.1, 0.15) is 5.56 Å². The number of aromatic nitrogens is 4. The van der Waals surface area contributed by atoms with E-state index in [0.717, 1.165) is 38.6 Å². The topological polar surface area (TPSA) is 46.5 Å². The molecule has 4 rings (SSSR count). The monoisotopic (exact) mass is 296 g/mol. The van der Waals surface area contributed by atoms with E-state index < -0.39 is 0 Å². The van der Waals surface area contributed by atoms with Crippen LogP contribution in [-0.4, -0.2) is 20.0 Å². The first-order chi connectivity index (χ1) is 10.2. The molecule has 0 fully saturated rings. The molecule has 2 heterocycles. The van der Waals surface area contributed by atoms with E-state index in [1.54, 1.807) is 4.68 Å². The molecule has 0 atom stereocenters. The van der Waals surface area contributed by atoms with Crippen LogP contribution in [0, 0.1) is 6.92 Å². The highest BCUT2D eigenvalue weighted by molar-refractivity contribution is 6.35. The van der Waals surface area contributed by atoms with Crippen LogP contribution in [-0.2, 0) is 7.05 Å². The van der Waals surface area contributed by atoms with Crippen molar-refractivity contribution in [3.63, 3.8) is 0 Å². The zero-order valence-electron chi connectivity index (χ0n) is 11.7. The Morgan fingerprint density at radius 1 is 1.14 bits per heavy atom. The highest BCUT2D eigenvalue weighted by Gasteiger charge is 2.16. The summed E-state index contributed by atoms with van der Waals surface area (Å²) < 4.78 is 1.69. The van der Waals surface area contributed by atoms with Gasteiger partial charge in [-0.1, -0.05) is 41.9 Å². The molecule has 0 bridgehead atoms. The number of hydrogen-bond acceptors (Lipinski definition) is 2. The van der Waals surface area contributed by atoms with E-state index in [4.69, 9.17) is 11.6 Å². The Hall–Kier alpha value is -2.33. The molecule has 104 valence electrons. The van der Waals surface area contributed by atoms with Crippen molar-refractivity contribution in [1.29, 1.82) is 0 Å². The summed E-state index contributed by atoms with van der Waals surface area (Å²) in [4.78, 5) is 0. The van der Waals surface area contributed by atoms with Crippen molar-refractivity contribution in [3.8, 4) is 11.3 Å². The maximum absolute atomic E-state index is 6.41. The minimum absolute atomic E-state index is 0.635. The molecule has 0 radical (unpaired) electrons. The molecule has 0 aliphatic carbocycles. The van der Waals surface area contributed by atoms with E-state index in [1.807, 2.05) is 31.3 Å². The summed E-state index contributed by atoms with van der Waals surface area (Å²) in [6.45, 7) is 2.06. The smallest absolute Gasteiger partial charge is 0.135 e. The molecular formula is C16H13ClN4. The van der Waals surface area contributed by atoms with E-state index in [1.165, 1.54) is 0 Å². The average Bonchev–Trinajstić information content (AvgIpc) is 3.02. The van der Waals surface area contributed by atoms with Crippen molar-refractivity contribution in [3.05, 3.63) is 47.1 Å². The van der Waals surface area contributed by atoms with Gasteiger partial charge in [0.1, 0.15) is 5.15 Å². The minimum Gasteiger partial charge on any atom is -0.277 e. The molecule has 2 aromatic carbocycles. The number of hydrogen-bond donors (Lipinski definition) is 1. The molecule has 0 unspecified atom stereocenters. The summed E-state index contributed by atoms with van der Waals surface area (Å²) >= 11 is 6.41. The van der Waals surface area contributed by atoms with Gasteiger partial charge in [-0.15, -0.1) is 0 Å². The van der Waals surface area contributed by atoms with Crippen LogP contribution in [0.5, 0.6) is 0 Å². The Balaban J connectivity index is 2.12. The highest BCUT2D eigenvalue weighted by atomic mass is 35.5. The number of para-hydroxylation sites is 1. The molecule has 21 heavy (non-hydrogen) atoms. The van der Waals surface area contributed by atoms with Crippen LogP contribution >= 0.6 is 11.6 Å². The third-order valence-corrected chi connectivity index (χ3v) is 4.28. The molecule has 4 aromatic rings. The van der Waals surface area contributed by atoms with Crippen molar-refractivity contribution in [2.45, 2.75) is 6.92 Å². The van der Waals surface area contributed by atoms with E-state index in [-0.39, 0.29) is 0 Å². The number of halogens is 1. The third kappa shape index (κ3) is 1.69. The fraction of sp³-hybridized carbons (Fsp3) is 0.125. The Labute approximate surface area is 126 Å². The Morgan fingerprint density at radius 3 is 2.81 bits per heavy atom. The van der Waals surface area contributed by atoms with Crippen molar-refractivity contribution in [2.75, 3.05) is 0 Å². The standard InChI is InChI=1S/C16H13ClN4/c1-9-5-3-7-11-14(9)18-19-15(11)10-6-4-8-12-13(10)16(17)21(2)20-12/h3-8H,1-2H3,(H,18,19). The van der Waals surface area contributed by atoms with Crippen LogP contribution in [0.15, 0.2) is 36.4 Å². The van der Waals surface area contributed by atoms with Crippen molar-refractivity contribution < 1.29 is 0 Å². The maximum atomic E-state index is 6.41. The second-order valence-electron chi connectivity index (χ2n) is 5.18. The number of fused-ring (bicyclic) bond motifs is 2. The number of nitrogens with one attached hydrogen (secondary N) is 1. The molecule has 0 spiro atoms. The van der Waals surface area contributed by atoms with Gasteiger partial charge in [0.25, 0.3) is 0 Å². The predicted molar refractivity (Wildman–Crippen MR) is 85.5 cm³/mol. The molecule has 4 nitrogen and oxygen atoms in total. The van der Waals surface area contributed by atoms with Crippen LogP contribution in [0.2, 0.25) is 5.15 Å². The fourth-order valence-electron chi connectivity index (χ4n) is 2.80. The fourth-order valence-corrected chi connectivity index (χ4v) is 3.04. The lowest BCUT2D eigenvalue weighted by atomic mass is 10.0. The minimum atomic E-state index is 0.635. The van der Waals surface area contributed by atoms with Gasteiger partial charge in [0, 0.05) is 23.4 Å². The van der Waals surface area contributed by atoms with Crippen LogP contribution in [0.4, 0.5) is 0 Å². The van der Waals surface area contributed by atoms with E-state index in [0.29, 0.717) is 5.15 Å². The summed E-state index contributed by atoms with van der Waals surface area (Å²) in [6, 6.07) is 12.2. The van der Waals surface area contributed by atoms with Crippen LogP contribution in [0.3, 0.4) is 0 Å². The Kier molecular flexibility index (Phi) is 2.56. The van der Waals surface area contributed by atoms with Crippen molar-refractivity contribution >= 4 is 33.4 Å². The molecule has 5 heteroatoms. The second-order valence-corrected chi connectivity index (χ2v) is 5.54. The number of rotatable bonds is 1. The molecule has 1 N–H and O–H groups in total. The number of benzene rings is 2. The van der Waals surface area contributed by atoms with Gasteiger partial charge in [0.2, 0.25) is 0 Å². The van der Waals surface area contributed by atoms with Gasteiger partial charge in [0.15, 0.2) is 0 Å². The van der Waals surface area contributed by atoms with Crippen molar-refractivity contribution in [2.24, 2.45) is 7.05 Å². The molecule has 0 amide bonds. The van der Waals surface area contributed by atoms with Gasteiger partial charge in [-0.25, -0.2) is 0 Å². The van der Waals surface area contributed by atoms with Gasteiger partial charge in [0.05, 0.1) is 16.7 Å². The first-order valence-corrected chi connectivity index (χ1v) is 7.10. The van der Waals surface area contributed by atoms with Gasteiger partial charge in [-0.05, 0) is 18.6 Å². The first-order valence-electron chi connectivity index (χ1n) is 6.72. The lowest BCUT2D eigenvalue weighted by Gasteiger charge is -2.02. The lowest BCUT2D eigenvalue weighted by molar-refractivity contribution is 0.780. The molecule has 0 saturated heterocycles. The SMILES string of the molecule is Cc1cccc2c(-c3cccc4nn(C)c(Cl)c34)[nH]nc12. The van der Waals surface area contributed by atoms with Crippen LogP contribution < -0.4 is 0 Å². The zero-order chi connectivity index (χ0) is 14.6. The summed E-state index contributed by atoms with van der Waals surface area (Å²) in [6.07, 6.45) is 0. The number of nitrogens with zero attached hydrogens (tertiary/aromatic N) is 3. The molecule has 0 saturated carbocycles. The van der Waals surface area contributed by atoms with Gasteiger partial charge < -0.3 is 0 Å². The predicted octanol–water partition coefficient (Wildman–Crippen LogP) is 4.08. The van der Waals surface area contributed by atoms with E-state index in [2.05, 4.69) is 34.4 Å². The normalized spacial score (nSPS) is 11.6. The quantitative estimate of drug-likeness (QED) is 0.575. The van der Waals surface area contributed by atoms with Gasteiger partial charge in [-0.3, -0.25) is 9.78 Å².